The van der Waals surface area contributed by atoms with Gasteiger partial charge in [0.25, 0.3) is 11.8 Å². The molecule has 0 aliphatic heterocycles. The molecule has 3 rings (SSSR count). The van der Waals surface area contributed by atoms with Crippen molar-refractivity contribution in [1.82, 2.24) is 10.3 Å². The first kappa shape index (κ1) is 19.2. The van der Waals surface area contributed by atoms with Crippen LogP contribution in [-0.4, -0.2) is 16.8 Å². The summed E-state index contributed by atoms with van der Waals surface area (Å²) in [5.74, 6) is -1.20. The van der Waals surface area contributed by atoms with Crippen LogP contribution in [0.25, 0.3) is 0 Å². The van der Waals surface area contributed by atoms with Gasteiger partial charge in [0.2, 0.25) is 0 Å². The van der Waals surface area contributed by atoms with E-state index in [1.54, 1.807) is 18.2 Å². The number of benzene rings is 2. The Morgan fingerprint density at radius 2 is 1.68 bits per heavy atom. The van der Waals surface area contributed by atoms with Gasteiger partial charge in [0.1, 0.15) is 11.5 Å². The van der Waals surface area contributed by atoms with Crippen molar-refractivity contribution >= 4 is 17.5 Å². The minimum absolute atomic E-state index is 0.0535. The molecule has 0 saturated carbocycles. The van der Waals surface area contributed by atoms with Crippen molar-refractivity contribution in [1.29, 1.82) is 0 Å². The third-order valence-electron chi connectivity index (χ3n) is 4.13. The number of hydrogen-bond donors (Lipinski definition) is 2. The van der Waals surface area contributed by atoms with E-state index in [9.17, 15) is 14.0 Å². The van der Waals surface area contributed by atoms with Crippen molar-refractivity contribution in [2.45, 2.75) is 20.4 Å². The fourth-order valence-electron chi connectivity index (χ4n) is 2.86. The Labute approximate surface area is 162 Å². The van der Waals surface area contributed by atoms with Gasteiger partial charge in [-0.1, -0.05) is 24.3 Å². The quantitative estimate of drug-likeness (QED) is 0.705. The highest BCUT2D eigenvalue weighted by Gasteiger charge is 2.13. The van der Waals surface area contributed by atoms with Gasteiger partial charge >= 0.3 is 0 Å². The van der Waals surface area contributed by atoms with Crippen LogP contribution in [0.3, 0.4) is 0 Å². The van der Waals surface area contributed by atoms with Gasteiger partial charge in [0, 0.05) is 29.6 Å². The highest BCUT2D eigenvalue weighted by molar-refractivity contribution is 6.04. The molecule has 0 aliphatic rings. The fraction of sp³-hybridized carbons (Fsp3) is 0.136. The molecule has 0 radical (unpaired) electrons. The molecule has 28 heavy (non-hydrogen) atoms. The molecule has 0 atom stereocenters. The Bertz CT molecular complexity index is 1010. The Balaban J connectivity index is 1.69. The average molecular weight is 377 g/mol. The lowest BCUT2D eigenvalue weighted by Crippen LogP contribution is -2.24. The van der Waals surface area contributed by atoms with Crippen LogP contribution in [-0.2, 0) is 6.54 Å². The lowest BCUT2D eigenvalue weighted by atomic mass is 10.1. The van der Waals surface area contributed by atoms with Gasteiger partial charge < -0.3 is 10.6 Å². The minimum Gasteiger partial charge on any atom is -0.348 e. The van der Waals surface area contributed by atoms with E-state index in [-0.39, 0.29) is 23.6 Å². The van der Waals surface area contributed by atoms with Crippen LogP contribution < -0.4 is 10.6 Å². The molecule has 0 fully saturated rings. The van der Waals surface area contributed by atoms with E-state index in [0.29, 0.717) is 11.3 Å². The number of rotatable bonds is 5. The number of carbonyl (C=O) groups excluding carboxylic acids is 2. The summed E-state index contributed by atoms with van der Waals surface area (Å²) in [7, 11) is 0. The predicted octanol–water partition coefficient (Wildman–Crippen LogP) is 4.02. The van der Waals surface area contributed by atoms with Crippen molar-refractivity contribution in [3.63, 3.8) is 0 Å². The smallest absolute Gasteiger partial charge is 0.274 e. The Kier molecular flexibility index (Phi) is 5.79. The summed E-state index contributed by atoms with van der Waals surface area (Å²) < 4.78 is 13.7. The summed E-state index contributed by atoms with van der Waals surface area (Å²) in [6.45, 7) is 3.95. The molecule has 5 nitrogen and oxygen atoms in total. The lowest BCUT2D eigenvalue weighted by molar-refractivity contribution is 0.0950. The standard InChI is InChI=1S/C22H20FN3O2/c1-14-9-15(2)11-18(10-14)26-22(28)20-12-16(7-8-24-20)21(27)25-13-17-5-3-4-6-19(17)23/h3-12H,13H2,1-2H3,(H,25,27)(H,26,28). The number of nitrogens with zero attached hydrogens (tertiary/aromatic N) is 1. The normalized spacial score (nSPS) is 10.4. The van der Waals surface area contributed by atoms with E-state index >= 15 is 0 Å². The molecule has 2 aromatic carbocycles. The fourth-order valence-corrected chi connectivity index (χ4v) is 2.86. The Morgan fingerprint density at radius 1 is 0.964 bits per heavy atom. The molecule has 1 heterocycles. The van der Waals surface area contributed by atoms with Gasteiger partial charge in [-0.2, -0.15) is 0 Å². The Morgan fingerprint density at radius 3 is 2.39 bits per heavy atom. The molecule has 0 saturated heterocycles. The van der Waals surface area contributed by atoms with Gasteiger partial charge in [-0.3, -0.25) is 14.6 Å². The third kappa shape index (κ3) is 4.79. The SMILES string of the molecule is Cc1cc(C)cc(NC(=O)c2cc(C(=O)NCc3ccccc3F)ccn2)c1. The number of amides is 2. The van der Waals surface area contributed by atoms with Crippen LogP contribution in [0.15, 0.2) is 60.8 Å². The molecule has 2 amide bonds. The maximum atomic E-state index is 13.7. The zero-order valence-electron chi connectivity index (χ0n) is 15.6. The highest BCUT2D eigenvalue weighted by atomic mass is 19.1. The third-order valence-corrected chi connectivity index (χ3v) is 4.13. The van der Waals surface area contributed by atoms with Gasteiger partial charge in [0.15, 0.2) is 0 Å². The summed E-state index contributed by atoms with van der Waals surface area (Å²) in [6.07, 6.45) is 1.40. The number of aromatic nitrogens is 1. The van der Waals surface area contributed by atoms with Crippen LogP contribution in [0.5, 0.6) is 0 Å². The molecule has 142 valence electrons. The number of carbonyl (C=O) groups is 2. The van der Waals surface area contributed by atoms with Crippen LogP contribution in [0, 0.1) is 19.7 Å². The van der Waals surface area contributed by atoms with Crippen LogP contribution in [0.2, 0.25) is 0 Å². The maximum Gasteiger partial charge on any atom is 0.274 e. The van der Waals surface area contributed by atoms with E-state index in [1.165, 1.54) is 24.4 Å². The molecule has 3 aromatic rings. The number of anilines is 1. The number of hydrogen-bond acceptors (Lipinski definition) is 3. The zero-order chi connectivity index (χ0) is 20.1. The summed E-state index contributed by atoms with van der Waals surface area (Å²) in [6, 6.07) is 14.9. The van der Waals surface area contributed by atoms with Crippen molar-refractivity contribution < 1.29 is 14.0 Å². The van der Waals surface area contributed by atoms with Crippen molar-refractivity contribution in [2.24, 2.45) is 0 Å². The monoisotopic (exact) mass is 377 g/mol. The minimum atomic E-state index is -0.411. The second-order valence-corrected chi connectivity index (χ2v) is 6.53. The summed E-state index contributed by atoms with van der Waals surface area (Å²) in [4.78, 5) is 28.9. The van der Waals surface area contributed by atoms with Crippen LogP contribution in [0.1, 0.15) is 37.5 Å². The molecule has 0 spiro atoms. The predicted molar refractivity (Wildman–Crippen MR) is 106 cm³/mol. The number of halogens is 1. The van der Waals surface area contributed by atoms with Gasteiger partial charge in [-0.25, -0.2) is 4.39 Å². The molecule has 0 bridgehead atoms. The van der Waals surface area contributed by atoms with Crippen molar-refractivity contribution in [3.8, 4) is 0 Å². The molecule has 0 aliphatic carbocycles. The summed E-state index contributed by atoms with van der Waals surface area (Å²) in [5.41, 5.74) is 3.51. The number of aryl methyl sites for hydroxylation is 2. The van der Waals surface area contributed by atoms with E-state index in [2.05, 4.69) is 15.6 Å². The second kappa shape index (κ2) is 8.43. The average Bonchev–Trinajstić information content (AvgIpc) is 2.66. The largest absolute Gasteiger partial charge is 0.348 e. The summed E-state index contributed by atoms with van der Waals surface area (Å²) >= 11 is 0. The summed E-state index contributed by atoms with van der Waals surface area (Å²) in [5, 5.41) is 5.44. The lowest BCUT2D eigenvalue weighted by Gasteiger charge is -2.09. The molecule has 6 heteroatoms. The first-order chi connectivity index (χ1) is 13.4. The molecule has 0 unspecified atom stereocenters. The topological polar surface area (TPSA) is 71.1 Å². The number of pyridine rings is 1. The Hall–Kier alpha value is -3.54. The first-order valence-corrected chi connectivity index (χ1v) is 8.79. The molecular formula is C22H20FN3O2. The molecular weight excluding hydrogens is 357 g/mol. The van der Waals surface area contributed by atoms with Crippen molar-refractivity contribution in [2.75, 3.05) is 5.32 Å². The second-order valence-electron chi connectivity index (χ2n) is 6.53. The highest BCUT2D eigenvalue weighted by Crippen LogP contribution is 2.15. The van der Waals surface area contributed by atoms with E-state index in [0.717, 1.165) is 11.1 Å². The van der Waals surface area contributed by atoms with E-state index in [1.807, 2.05) is 32.0 Å². The maximum absolute atomic E-state index is 13.7. The number of nitrogens with one attached hydrogen (secondary N) is 2. The van der Waals surface area contributed by atoms with Crippen LogP contribution >= 0.6 is 0 Å². The van der Waals surface area contributed by atoms with Crippen LogP contribution in [0.4, 0.5) is 10.1 Å². The van der Waals surface area contributed by atoms with Crippen molar-refractivity contribution in [3.05, 3.63) is 94.6 Å². The molecule has 2 N–H and O–H groups in total. The van der Waals surface area contributed by atoms with E-state index < -0.39 is 11.8 Å². The zero-order valence-corrected chi connectivity index (χ0v) is 15.6. The van der Waals surface area contributed by atoms with Gasteiger partial charge in [0.05, 0.1) is 0 Å². The molecule has 1 aromatic heterocycles. The van der Waals surface area contributed by atoms with E-state index in [4.69, 9.17) is 0 Å². The first-order valence-electron chi connectivity index (χ1n) is 8.79. The van der Waals surface area contributed by atoms with Gasteiger partial charge in [-0.05, 0) is 55.3 Å². The van der Waals surface area contributed by atoms with Gasteiger partial charge in [-0.15, -0.1) is 0 Å².